The minimum atomic E-state index is 0.323. The van der Waals surface area contributed by atoms with Crippen molar-refractivity contribution in [3.8, 4) is 11.9 Å². The smallest absolute Gasteiger partial charge is 0.172 e. The molecule has 0 aliphatic heterocycles. The van der Waals surface area contributed by atoms with Crippen molar-refractivity contribution >= 4 is 40.0 Å². The molecule has 4 heterocycles. The summed E-state index contributed by atoms with van der Waals surface area (Å²) in [6.45, 7) is 0. The fourth-order valence-electron chi connectivity index (χ4n) is 2.38. The molecule has 0 radical (unpaired) electrons. The number of nitriles is 1. The molecule has 4 aromatic rings. The Morgan fingerprint density at radius 3 is 2.65 bits per heavy atom. The largest absolute Gasteiger partial charge is 0.384 e. The van der Waals surface area contributed by atoms with Gasteiger partial charge in [0.05, 0.1) is 22.3 Å². The van der Waals surface area contributed by atoms with Crippen LogP contribution < -0.4 is 11.1 Å². The second kappa shape index (κ2) is 6.27. The van der Waals surface area contributed by atoms with Gasteiger partial charge < -0.3 is 11.1 Å². The van der Waals surface area contributed by atoms with E-state index in [1.165, 1.54) is 12.5 Å². The highest BCUT2D eigenvalue weighted by molar-refractivity contribution is 6.32. The van der Waals surface area contributed by atoms with E-state index in [0.29, 0.717) is 33.9 Å². The van der Waals surface area contributed by atoms with Gasteiger partial charge in [0, 0.05) is 29.9 Å². The van der Waals surface area contributed by atoms with E-state index in [-0.39, 0.29) is 0 Å². The summed E-state index contributed by atoms with van der Waals surface area (Å²) in [4.78, 5) is 16.5. The summed E-state index contributed by atoms with van der Waals surface area (Å²) in [5.41, 5.74) is 6.77. The minimum Gasteiger partial charge on any atom is -0.384 e. The van der Waals surface area contributed by atoms with E-state index in [1.54, 1.807) is 35.3 Å². The fourth-order valence-corrected chi connectivity index (χ4v) is 2.62. The van der Waals surface area contributed by atoms with E-state index in [2.05, 4.69) is 30.4 Å². The van der Waals surface area contributed by atoms with Crippen molar-refractivity contribution in [2.45, 2.75) is 0 Å². The topological polar surface area (TPSA) is 131 Å². The van der Waals surface area contributed by atoms with Gasteiger partial charge in [0.25, 0.3) is 0 Å². The van der Waals surface area contributed by atoms with Crippen LogP contribution in [0.15, 0.2) is 43.1 Å². The molecule has 0 unspecified atom stereocenters. The Kier molecular flexibility index (Phi) is 3.79. The van der Waals surface area contributed by atoms with Crippen LogP contribution in [0.5, 0.6) is 0 Å². The third kappa shape index (κ3) is 2.85. The van der Waals surface area contributed by atoms with Gasteiger partial charge in [-0.25, -0.2) is 24.6 Å². The molecule has 3 N–H and O–H groups in total. The number of rotatable bonds is 3. The summed E-state index contributed by atoms with van der Waals surface area (Å²) in [5.74, 6) is 1.83. The van der Waals surface area contributed by atoms with Gasteiger partial charge in [-0.05, 0) is 6.07 Å². The third-order valence-electron chi connectivity index (χ3n) is 3.55. The molecule has 0 aliphatic carbocycles. The van der Waals surface area contributed by atoms with Crippen LogP contribution in [-0.4, -0.2) is 29.7 Å². The fraction of sp³-hybridized carbons (Fsp3) is 0. The molecule has 0 atom stereocenters. The summed E-state index contributed by atoms with van der Waals surface area (Å²) in [5, 5.41) is 17.4. The maximum atomic E-state index is 8.94. The lowest BCUT2D eigenvalue weighted by Gasteiger charge is -2.07. The molecule has 126 valence electrons. The summed E-state index contributed by atoms with van der Waals surface area (Å²) in [6, 6.07) is 6.93. The lowest BCUT2D eigenvalue weighted by atomic mass is 10.3. The maximum absolute atomic E-state index is 8.94. The number of nitrogens with one attached hydrogen (secondary N) is 1. The number of fused-ring (bicyclic) bond motifs is 1. The number of hydrogen-bond donors (Lipinski definition) is 2. The van der Waals surface area contributed by atoms with Gasteiger partial charge in [-0.2, -0.15) is 10.4 Å². The molecule has 0 fully saturated rings. The zero-order valence-electron chi connectivity index (χ0n) is 13.1. The highest BCUT2D eigenvalue weighted by Gasteiger charge is 2.12. The normalized spacial score (nSPS) is 10.6. The molecule has 26 heavy (non-hydrogen) atoms. The summed E-state index contributed by atoms with van der Waals surface area (Å²) < 4.78 is 1.58. The van der Waals surface area contributed by atoms with Crippen LogP contribution in [0.3, 0.4) is 0 Å². The predicted molar refractivity (Wildman–Crippen MR) is 96.1 cm³/mol. The van der Waals surface area contributed by atoms with Crippen molar-refractivity contribution in [3.63, 3.8) is 0 Å². The molecule has 0 aromatic carbocycles. The first-order chi connectivity index (χ1) is 12.6. The molecule has 0 saturated heterocycles. The predicted octanol–water partition coefficient (Wildman–Crippen LogP) is 2.46. The van der Waals surface area contributed by atoms with Crippen LogP contribution in [0, 0.1) is 11.3 Å². The molecule has 10 heteroatoms. The highest BCUT2D eigenvalue weighted by Crippen LogP contribution is 2.25. The van der Waals surface area contributed by atoms with Crippen LogP contribution in [0.1, 0.15) is 5.56 Å². The number of nitrogen functional groups attached to an aromatic ring is 1. The number of nitrogens with zero attached hydrogens (tertiary/aromatic N) is 7. The van der Waals surface area contributed by atoms with Gasteiger partial charge in [-0.15, -0.1) is 0 Å². The Balaban J connectivity index is 1.77. The van der Waals surface area contributed by atoms with E-state index in [9.17, 15) is 0 Å². The first-order valence-corrected chi connectivity index (χ1v) is 7.76. The Morgan fingerprint density at radius 1 is 1.04 bits per heavy atom. The van der Waals surface area contributed by atoms with Gasteiger partial charge in [0.1, 0.15) is 29.9 Å². The number of anilines is 3. The minimum absolute atomic E-state index is 0.323. The van der Waals surface area contributed by atoms with Crippen LogP contribution in [0.25, 0.3) is 16.7 Å². The molecule has 4 rings (SSSR count). The second-order valence-electron chi connectivity index (χ2n) is 5.28. The summed E-state index contributed by atoms with van der Waals surface area (Å²) in [7, 11) is 0. The monoisotopic (exact) mass is 363 g/mol. The Labute approximate surface area is 152 Å². The lowest BCUT2D eigenvalue weighted by molar-refractivity contribution is 0.874. The molecule has 4 aromatic heterocycles. The van der Waals surface area contributed by atoms with E-state index in [0.717, 1.165) is 10.9 Å². The van der Waals surface area contributed by atoms with Gasteiger partial charge in [0.15, 0.2) is 5.82 Å². The maximum Gasteiger partial charge on any atom is 0.172 e. The molecular formula is C16H10ClN9. The van der Waals surface area contributed by atoms with E-state index in [1.807, 2.05) is 6.07 Å². The average Bonchev–Trinajstić information content (AvgIpc) is 3.04. The zero-order chi connectivity index (χ0) is 18.1. The molecule has 0 bridgehead atoms. The first-order valence-electron chi connectivity index (χ1n) is 7.38. The van der Waals surface area contributed by atoms with Crippen molar-refractivity contribution in [3.05, 3.63) is 53.7 Å². The van der Waals surface area contributed by atoms with Crippen molar-refractivity contribution in [2.75, 3.05) is 11.1 Å². The SMILES string of the molecule is N#Cc1cnc(-n2ncc3cnc(Nc4cc(N)ncn4)cc32)c(Cl)c1. The number of hydrogen-bond acceptors (Lipinski definition) is 8. The average molecular weight is 364 g/mol. The van der Waals surface area contributed by atoms with Gasteiger partial charge >= 0.3 is 0 Å². The zero-order valence-corrected chi connectivity index (χ0v) is 13.9. The van der Waals surface area contributed by atoms with Crippen LogP contribution in [0.2, 0.25) is 5.02 Å². The van der Waals surface area contributed by atoms with Crippen molar-refractivity contribution in [2.24, 2.45) is 0 Å². The molecule has 0 aliphatic rings. The van der Waals surface area contributed by atoms with E-state index >= 15 is 0 Å². The van der Waals surface area contributed by atoms with Gasteiger partial charge in [0.2, 0.25) is 0 Å². The van der Waals surface area contributed by atoms with Crippen molar-refractivity contribution in [1.29, 1.82) is 5.26 Å². The number of halogens is 1. The van der Waals surface area contributed by atoms with E-state index < -0.39 is 0 Å². The van der Waals surface area contributed by atoms with Crippen molar-refractivity contribution in [1.82, 2.24) is 29.7 Å². The quantitative estimate of drug-likeness (QED) is 0.567. The molecule has 9 nitrogen and oxygen atoms in total. The number of pyridine rings is 2. The van der Waals surface area contributed by atoms with Crippen LogP contribution >= 0.6 is 11.6 Å². The Morgan fingerprint density at radius 2 is 1.88 bits per heavy atom. The van der Waals surface area contributed by atoms with E-state index in [4.69, 9.17) is 22.6 Å². The third-order valence-corrected chi connectivity index (χ3v) is 3.83. The highest BCUT2D eigenvalue weighted by atomic mass is 35.5. The van der Waals surface area contributed by atoms with Gasteiger partial charge in [-0.1, -0.05) is 11.6 Å². The Bertz CT molecular complexity index is 1160. The van der Waals surface area contributed by atoms with Crippen molar-refractivity contribution < 1.29 is 0 Å². The molecule has 0 spiro atoms. The Hall–Kier alpha value is -3.77. The first kappa shape index (κ1) is 15.7. The summed E-state index contributed by atoms with van der Waals surface area (Å²) in [6.07, 6.45) is 6.13. The molecule has 0 amide bonds. The summed E-state index contributed by atoms with van der Waals surface area (Å²) >= 11 is 6.25. The second-order valence-corrected chi connectivity index (χ2v) is 5.69. The number of nitrogens with two attached hydrogens (primary N) is 1. The van der Waals surface area contributed by atoms with Crippen LogP contribution in [-0.2, 0) is 0 Å². The number of aromatic nitrogens is 6. The standard InChI is InChI=1S/C16H10ClN9/c17-11-1-9(4-18)5-21-16(11)26-12-2-14(20-6-10(12)7-24-26)25-15-3-13(19)22-8-23-15/h1-3,5-8H,(H3,19,20,22,23,25). The van der Waals surface area contributed by atoms with Crippen LogP contribution in [0.4, 0.5) is 17.5 Å². The molecular weight excluding hydrogens is 354 g/mol. The van der Waals surface area contributed by atoms with Gasteiger partial charge in [-0.3, -0.25) is 0 Å². The molecule has 0 saturated carbocycles. The lowest BCUT2D eigenvalue weighted by Crippen LogP contribution is -2.02.